The van der Waals surface area contributed by atoms with Crippen LogP contribution in [0.2, 0.25) is 0 Å². The highest BCUT2D eigenvalue weighted by Gasteiger charge is 2.00. The molecule has 0 bridgehead atoms. The Hall–Kier alpha value is -2.36. The van der Waals surface area contributed by atoms with Gasteiger partial charge in [-0.25, -0.2) is 0 Å². The molecule has 17 heavy (non-hydrogen) atoms. The molecular formula is C13H12N2O2. The van der Waals surface area contributed by atoms with Crippen LogP contribution in [-0.4, -0.2) is 21.0 Å². The summed E-state index contributed by atoms with van der Waals surface area (Å²) in [4.78, 5) is 16.5. The first-order valence-electron chi connectivity index (χ1n) is 5.18. The SMILES string of the molecule is CC(=O)O.c1ccc2c(c1)[nH]c1ccncc12. The van der Waals surface area contributed by atoms with Crippen molar-refractivity contribution in [2.45, 2.75) is 6.92 Å². The summed E-state index contributed by atoms with van der Waals surface area (Å²) in [5.74, 6) is -0.833. The van der Waals surface area contributed by atoms with E-state index < -0.39 is 5.97 Å². The Bertz CT molecular complexity index is 604. The monoisotopic (exact) mass is 228 g/mol. The van der Waals surface area contributed by atoms with Crippen LogP contribution >= 0.6 is 0 Å². The van der Waals surface area contributed by atoms with Crippen molar-refractivity contribution in [3.05, 3.63) is 42.7 Å². The molecule has 0 spiro atoms. The number of nitrogens with one attached hydrogen (secondary N) is 1. The molecule has 0 saturated heterocycles. The summed E-state index contributed by atoms with van der Waals surface area (Å²) in [7, 11) is 0. The van der Waals surface area contributed by atoms with E-state index in [0.717, 1.165) is 12.4 Å². The van der Waals surface area contributed by atoms with Gasteiger partial charge in [-0.2, -0.15) is 0 Å². The second kappa shape index (κ2) is 4.65. The molecule has 4 nitrogen and oxygen atoms in total. The van der Waals surface area contributed by atoms with Gasteiger partial charge in [0.25, 0.3) is 5.97 Å². The van der Waals surface area contributed by atoms with Crippen LogP contribution in [0.1, 0.15) is 6.92 Å². The lowest BCUT2D eigenvalue weighted by Gasteiger charge is -1.87. The van der Waals surface area contributed by atoms with Gasteiger partial charge < -0.3 is 10.1 Å². The van der Waals surface area contributed by atoms with Crippen LogP contribution in [0, 0.1) is 0 Å². The van der Waals surface area contributed by atoms with E-state index in [4.69, 9.17) is 9.90 Å². The maximum absolute atomic E-state index is 9.00. The normalized spacial score (nSPS) is 9.94. The second-order valence-corrected chi connectivity index (χ2v) is 3.61. The van der Waals surface area contributed by atoms with E-state index in [2.05, 4.69) is 22.1 Å². The average Bonchev–Trinajstić information content (AvgIpc) is 2.66. The molecule has 0 saturated carbocycles. The molecule has 1 aromatic carbocycles. The molecule has 0 aliphatic carbocycles. The number of rotatable bonds is 0. The summed E-state index contributed by atoms with van der Waals surface area (Å²) in [6.07, 6.45) is 3.70. The van der Waals surface area contributed by atoms with E-state index in [9.17, 15) is 0 Å². The van der Waals surface area contributed by atoms with Gasteiger partial charge >= 0.3 is 0 Å². The Labute approximate surface area is 97.9 Å². The lowest BCUT2D eigenvalue weighted by Crippen LogP contribution is -1.78. The molecule has 0 fully saturated rings. The van der Waals surface area contributed by atoms with Gasteiger partial charge in [-0.05, 0) is 12.1 Å². The fourth-order valence-corrected chi connectivity index (χ4v) is 1.69. The molecule has 2 N–H and O–H groups in total. The van der Waals surface area contributed by atoms with Gasteiger partial charge in [-0.3, -0.25) is 9.78 Å². The molecule has 3 rings (SSSR count). The van der Waals surface area contributed by atoms with Crippen LogP contribution < -0.4 is 0 Å². The summed E-state index contributed by atoms with van der Waals surface area (Å²) in [5.41, 5.74) is 2.32. The summed E-state index contributed by atoms with van der Waals surface area (Å²) in [6.45, 7) is 1.08. The summed E-state index contributed by atoms with van der Waals surface area (Å²) in [5, 5.41) is 9.85. The number of hydrogen-bond donors (Lipinski definition) is 2. The number of hydrogen-bond acceptors (Lipinski definition) is 2. The van der Waals surface area contributed by atoms with Gasteiger partial charge in [0.15, 0.2) is 0 Å². The number of aromatic nitrogens is 2. The summed E-state index contributed by atoms with van der Waals surface area (Å²) < 4.78 is 0. The predicted octanol–water partition coefficient (Wildman–Crippen LogP) is 2.81. The summed E-state index contributed by atoms with van der Waals surface area (Å²) >= 11 is 0. The van der Waals surface area contributed by atoms with Crippen LogP contribution in [0.4, 0.5) is 0 Å². The van der Waals surface area contributed by atoms with E-state index in [-0.39, 0.29) is 0 Å². The largest absolute Gasteiger partial charge is 0.481 e. The number of H-pyrrole nitrogens is 1. The van der Waals surface area contributed by atoms with Gasteiger partial charge in [-0.1, -0.05) is 18.2 Å². The van der Waals surface area contributed by atoms with Gasteiger partial charge in [0.2, 0.25) is 0 Å². The van der Waals surface area contributed by atoms with Crippen LogP contribution in [0.3, 0.4) is 0 Å². The molecule has 0 unspecified atom stereocenters. The third kappa shape index (κ3) is 2.42. The zero-order chi connectivity index (χ0) is 12.3. The van der Waals surface area contributed by atoms with Gasteiger partial charge in [0, 0.05) is 41.1 Å². The van der Waals surface area contributed by atoms with E-state index >= 15 is 0 Å². The lowest BCUT2D eigenvalue weighted by atomic mass is 10.2. The van der Waals surface area contributed by atoms with Gasteiger partial charge in [0.1, 0.15) is 0 Å². The Morgan fingerprint density at radius 3 is 2.59 bits per heavy atom. The number of pyridine rings is 1. The number of para-hydroxylation sites is 1. The first-order chi connectivity index (χ1) is 8.18. The number of carboxylic acids is 1. The minimum Gasteiger partial charge on any atom is -0.481 e. The zero-order valence-corrected chi connectivity index (χ0v) is 9.34. The first-order valence-corrected chi connectivity index (χ1v) is 5.18. The highest BCUT2D eigenvalue weighted by Crippen LogP contribution is 2.23. The van der Waals surface area contributed by atoms with Crippen molar-refractivity contribution in [3.63, 3.8) is 0 Å². The molecule has 86 valence electrons. The maximum atomic E-state index is 9.00. The number of benzene rings is 1. The number of carboxylic acid groups (broad SMARTS) is 1. The smallest absolute Gasteiger partial charge is 0.300 e. The molecule has 4 heteroatoms. The van der Waals surface area contributed by atoms with Crippen molar-refractivity contribution < 1.29 is 9.90 Å². The quantitative estimate of drug-likeness (QED) is 0.621. The number of carbonyl (C=O) groups is 1. The van der Waals surface area contributed by atoms with E-state index in [1.54, 1.807) is 6.20 Å². The van der Waals surface area contributed by atoms with E-state index in [1.807, 2.05) is 24.4 Å². The summed E-state index contributed by atoms with van der Waals surface area (Å²) in [6, 6.07) is 10.3. The predicted molar refractivity (Wildman–Crippen MR) is 66.9 cm³/mol. The van der Waals surface area contributed by atoms with Crippen LogP contribution in [0.15, 0.2) is 42.7 Å². The Kier molecular flexibility index (Phi) is 3.05. The molecular weight excluding hydrogens is 216 g/mol. The molecule has 3 aromatic rings. The van der Waals surface area contributed by atoms with Crippen LogP contribution in [0.25, 0.3) is 21.8 Å². The first kappa shape index (κ1) is 11.1. The fraction of sp³-hybridized carbons (Fsp3) is 0.0769. The second-order valence-electron chi connectivity index (χ2n) is 3.61. The number of fused-ring (bicyclic) bond motifs is 3. The van der Waals surface area contributed by atoms with Crippen molar-refractivity contribution in [2.24, 2.45) is 0 Å². The van der Waals surface area contributed by atoms with Gasteiger partial charge in [-0.15, -0.1) is 0 Å². The number of aromatic amines is 1. The minimum absolute atomic E-state index is 0.833. The number of aliphatic carboxylic acids is 1. The van der Waals surface area contributed by atoms with E-state index in [1.165, 1.54) is 16.3 Å². The molecule has 0 atom stereocenters. The van der Waals surface area contributed by atoms with Crippen molar-refractivity contribution in [1.82, 2.24) is 9.97 Å². The number of nitrogens with zero attached hydrogens (tertiary/aromatic N) is 1. The topological polar surface area (TPSA) is 66.0 Å². The van der Waals surface area contributed by atoms with Crippen molar-refractivity contribution in [3.8, 4) is 0 Å². The van der Waals surface area contributed by atoms with Gasteiger partial charge in [0.05, 0.1) is 0 Å². The fourth-order valence-electron chi connectivity index (χ4n) is 1.69. The molecule has 2 heterocycles. The van der Waals surface area contributed by atoms with Crippen LogP contribution in [-0.2, 0) is 4.79 Å². The third-order valence-corrected chi connectivity index (χ3v) is 2.31. The van der Waals surface area contributed by atoms with Crippen LogP contribution in [0.5, 0.6) is 0 Å². The molecule has 0 amide bonds. The molecule has 0 aliphatic heterocycles. The lowest BCUT2D eigenvalue weighted by molar-refractivity contribution is -0.134. The average molecular weight is 228 g/mol. The maximum Gasteiger partial charge on any atom is 0.300 e. The Balaban J connectivity index is 0.000000239. The highest BCUT2D eigenvalue weighted by molar-refractivity contribution is 6.06. The standard InChI is InChI=1S/C11H8N2.C2H4O2/c1-2-4-10-8(3-1)9-7-12-6-5-11(9)13-10;1-2(3)4/h1-7,13H;1H3,(H,3,4). The minimum atomic E-state index is -0.833. The van der Waals surface area contributed by atoms with Crippen molar-refractivity contribution in [2.75, 3.05) is 0 Å². The zero-order valence-electron chi connectivity index (χ0n) is 9.34. The van der Waals surface area contributed by atoms with Crippen molar-refractivity contribution >= 4 is 27.8 Å². The Morgan fingerprint density at radius 1 is 1.18 bits per heavy atom. The third-order valence-electron chi connectivity index (χ3n) is 2.31. The molecule has 2 aromatic heterocycles. The molecule has 0 aliphatic rings. The van der Waals surface area contributed by atoms with E-state index in [0.29, 0.717) is 0 Å². The Morgan fingerprint density at radius 2 is 1.82 bits per heavy atom. The van der Waals surface area contributed by atoms with Crippen molar-refractivity contribution in [1.29, 1.82) is 0 Å². The molecule has 0 radical (unpaired) electrons. The highest BCUT2D eigenvalue weighted by atomic mass is 16.4.